The van der Waals surface area contributed by atoms with Crippen LogP contribution in [0.3, 0.4) is 0 Å². The summed E-state index contributed by atoms with van der Waals surface area (Å²) >= 11 is 0. The number of carbonyl (C=O) groups is 2. The van der Waals surface area contributed by atoms with Crippen molar-refractivity contribution < 1.29 is 14.3 Å². The van der Waals surface area contributed by atoms with Crippen LogP contribution in [0.1, 0.15) is 27.2 Å². The van der Waals surface area contributed by atoms with Gasteiger partial charge in [-0.2, -0.15) is 0 Å². The fourth-order valence-electron chi connectivity index (χ4n) is 4.76. The number of nitrogens with one attached hydrogen (secondary N) is 1. The average Bonchev–Trinajstić information content (AvgIpc) is 3.29. The van der Waals surface area contributed by atoms with Gasteiger partial charge in [0.2, 0.25) is 6.17 Å². The topological polar surface area (TPSA) is 83.9 Å². The molecule has 0 aliphatic carbocycles. The molecule has 7 nitrogen and oxygen atoms in total. The van der Waals surface area contributed by atoms with Crippen LogP contribution in [0.4, 0.5) is 5.69 Å². The van der Waals surface area contributed by atoms with Crippen molar-refractivity contribution in [3.8, 4) is 5.75 Å². The van der Waals surface area contributed by atoms with Crippen LogP contribution in [-0.2, 0) is 11.2 Å². The second-order valence-electron chi connectivity index (χ2n) is 8.56. The van der Waals surface area contributed by atoms with Crippen molar-refractivity contribution in [1.82, 2.24) is 10.3 Å². The van der Waals surface area contributed by atoms with Crippen molar-refractivity contribution in [1.29, 1.82) is 0 Å². The molecule has 7 heteroatoms. The summed E-state index contributed by atoms with van der Waals surface area (Å²) in [5.74, 6) is -0.0111. The highest BCUT2D eigenvalue weighted by atomic mass is 16.5. The Morgan fingerprint density at radius 2 is 1.80 bits per heavy atom. The van der Waals surface area contributed by atoms with Gasteiger partial charge in [-0.05, 0) is 35.6 Å². The van der Waals surface area contributed by atoms with Crippen molar-refractivity contribution in [3.05, 3.63) is 101 Å². The number of amides is 2. The number of anilines is 1. The molecule has 3 heterocycles. The van der Waals surface area contributed by atoms with Crippen LogP contribution in [0.5, 0.6) is 5.75 Å². The normalized spacial score (nSPS) is 16.5. The fourth-order valence-corrected chi connectivity index (χ4v) is 4.76. The summed E-state index contributed by atoms with van der Waals surface area (Å²) in [6.07, 6.45) is 1.28. The SMILES string of the molecule is COc1cc2c3c(c1)C(c1ccccc1)=N[C@@H](NC(=O)c1cc4ccccc4cn1)C(=O)N3CC2. The van der Waals surface area contributed by atoms with Crippen LogP contribution >= 0.6 is 0 Å². The van der Waals surface area contributed by atoms with Crippen LogP contribution in [-0.4, -0.2) is 42.3 Å². The van der Waals surface area contributed by atoms with E-state index in [0.29, 0.717) is 24.4 Å². The monoisotopic (exact) mass is 462 g/mol. The molecule has 0 saturated carbocycles. The van der Waals surface area contributed by atoms with Crippen LogP contribution in [0, 0.1) is 0 Å². The van der Waals surface area contributed by atoms with Gasteiger partial charge in [-0.3, -0.25) is 14.6 Å². The summed E-state index contributed by atoms with van der Waals surface area (Å²) < 4.78 is 5.54. The number of hydrogen-bond donors (Lipinski definition) is 1. The Balaban J connectivity index is 1.44. The van der Waals surface area contributed by atoms with E-state index >= 15 is 0 Å². The number of rotatable bonds is 4. The molecule has 6 rings (SSSR count). The number of ether oxygens (including phenoxy) is 1. The highest BCUT2D eigenvalue weighted by Gasteiger charge is 2.37. The Bertz CT molecular complexity index is 1510. The van der Waals surface area contributed by atoms with E-state index in [2.05, 4.69) is 10.3 Å². The van der Waals surface area contributed by atoms with E-state index in [4.69, 9.17) is 9.73 Å². The summed E-state index contributed by atoms with van der Waals surface area (Å²) in [5, 5.41) is 4.67. The van der Waals surface area contributed by atoms with Crippen molar-refractivity contribution in [3.63, 3.8) is 0 Å². The molecule has 0 spiro atoms. The van der Waals surface area contributed by atoms with Crippen molar-refractivity contribution in [2.75, 3.05) is 18.6 Å². The molecule has 3 aromatic carbocycles. The van der Waals surface area contributed by atoms with E-state index in [1.807, 2.05) is 66.7 Å². The number of methoxy groups -OCH3 is 1. The van der Waals surface area contributed by atoms with Crippen LogP contribution in [0.25, 0.3) is 10.8 Å². The lowest BCUT2D eigenvalue weighted by atomic mass is 9.97. The molecule has 0 bridgehead atoms. The highest BCUT2D eigenvalue weighted by Crippen LogP contribution is 2.39. The maximum absolute atomic E-state index is 13.6. The molecule has 1 aromatic heterocycles. The Labute approximate surface area is 202 Å². The Hall–Kier alpha value is -4.52. The van der Waals surface area contributed by atoms with E-state index in [1.54, 1.807) is 24.3 Å². The van der Waals surface area contributed by atoms with Gasteiger partial charge in [0.1, 0.15) is 11.4 Å². The predicted octanol–water partition coefficient (Wildman–Crippen LogP) is 3.74. The molecular weight excluding hydrogens is 440 g/mol. The van der Waals surface area contributed by atoms with Gasteiger partial charge in [0.15, 0.2) is 0 Å². The Kier molecular flexibility index (Phi) is 5.03. The summed E-state index contributed by atoms with van der Waals surface area (Å²) in [5.41, 5.74) is 4.40. The minimum absolute atomic E-state index is 0.235. The molecule has 172 valence electrons. The van der Waals surface area contributed by atoms with Crippen molar-refractivity contribution >= 4 is 34.0 Å². The molecule has 4 aromatic rings. The number of carbonyl (C=O) groups excluding carboxylic acids is 2. The standard InChI is InChI=1S/C28H22N4O3/c1-35-21-13-19-11-12-32-25(19)22(15-21)24(17-7-3-2-4-8-17)30-26(28(32)34)31-27(33)23-14-18-9-5-6-10-20(18)16-29-23/h2-10,13-16,26H,11-12H2,1H3,(H,31,33)/t26-/m0/s1. The van der Waals surface area contributed by atoms with Crippen LogP contribution in [0.2, 0.25) is 0 Å². The van der Waals surface area contributed by atoms with Crippen LogP contribution in [0.15, 0.2) is 84.0 Å². The third kappa shape index (κ3) is 3.61. The molecule has 0 radical (unpaired) electrons. The van der Waals surface area contributed by atoms with Gasteiger partial charge in [-0.15, -0.1) is 0 Å². The van der Waals surface area contributed by atoms with E-state index < -0.39 is 12.1 Å². The maximum Gasteiger partial charge on any atom is 0.272 e. The summed E-state index contributed by atoms with van der Waals surface area (Å²) in [7, 11) is 1.63. The van der Waals surface area contributed by atoms with Gasteiger partial charge >= 0.3 is 0 Å². The van der Waals surface area contributed by atoms with Crippen molar-refractivity contribution in [2.24, 2.45) is 4.99 Å². The van der Waals surface area contributed by atoms with Gasteiger partial charge in [0.05, 0.1) is 18.5 Å². The van der Waals surface area contributed by atoms with Gasteiger partial charge in [0, 0.05) is 29.3 Å². The number of hydrogen-bond acceptors (Lipinski definition) is 5. The van der Waals surface area contributed by atoms with Gasteiger partial charge in [-0.1, -0.05) is 54.6 Å². The zero-order chi connectivity index (χ0) is 23.9. The van der Waals surface area contributed by atoms with E-state index in [-0.39, 0.29) is 11.6 Å². The van der Waals surface area contributed by atoms with E-state index in [9.17, 15) is 9.59 Å². The Morgan fingerprint density at radius 3 is 2.60 bits per heavy atom. The third-order valence-electron chi connectivity index (χ3n) is 6.46. The first-order chi connectivity index (χ1) is 17.1. The second-order valence-corrected chi connectivity index (χ2v) is 8.56. The number of aromatic nitrogens is 1. The number of benzene rings is 3. The predicted molar refractivity (Wildman–Crippen MR) is 134 cm³/mol. The smallest absolute Gasteiger partial charge is 0.272 e. The zero-order valence-electron chi connectivity index (χ0n) is 19.1. The minimum Gasteiger partial charge on any atom is -0.497 e. The summed E-state index contributed by atoms with van der Waals surface area (Å²) in [6, 6.07) is 23.0. The molecule has 35 heavy (non-hydrogen) atoms. The first-order valence-corrected chi connectivity index (χ1v) is 11.4. The highest BCUT2D eigenvalue weighted by molar-refractivity contribution is 6.21. The molecule has 0 saturated heterocycles. The van der Waals surface area contributed by atoms with E-state index in [0.717, 1.165) is 33.2 Å². The molecule has 2 aliphatic heterocycles. The Morgan fingerprint density at radius 1 is 1.03 bits per heavy atom. The zero-order valence-corrected chi connectivity index (χ0v) is 19.1. The molecule has 0 unspecified atom stereocenters. The lowest BCUT2D eigenvalue weighted by molar-refractivity contribution is -0.120. The molecule has 2 aliphatic rings. The number of pyridine rings is 1. The second kappa shape index (κ2) is 8.36. The fraction of sp³-hybridized carbons (Fsp3) is 0.143. The molecule has 1 atom stereocenters. The third-order valence-corrected chi connectivity index (χ3v) is 6.46. The van der Waals surface area contributed by atoms with Gasteiger partial charge in [0.25, 0.3) is 11.8 Å². The van der Waals surface area contributed by atoms with E-state index in [1.165, 1.54) is 0 Å². The average molecular weight is 463 g/mol. The number of nitrogens with zero attached hydrogens (tertiary/aromatic N) is 3. The largest absolute Gasteiger partial charge is 0.497 e. The molecule has 2 amide bonds. The first-order valence-electron chi connectivity index (χ1n) is 11.4. The van der Waals surface area contributed by atoms with Gasteiger partial charge in [-0.25, -0.2) is 4.99 Å². The summed E-state index contributed by atoms with van der Waals surface area (Å²) in [6.45, 7) is 0.520. The molecule has 0 fully saturated rings. The molecule has 1 N–H and O–H groups in total. The number of fused-ring (bicyclic) bond motifs is 1. The maximum atomic E-state index is 13.6. The molecular formula is C28H22N4O3. The lowest BCUT2D eigenvalue weighted by Gasteiger charge is -2.21. The lowest BCUT2D eigenvalue weighted by Crippen LogP contribution is -2.47. The van der Waals surface area contributed by atoms with Crippen molar-refractivity contribution in [2.45, 2.75) is 12.6 Å². The number of aliphatic imine (C=N–C) groups is 1. The quantitative estimate of drug-likeness (QED) is 0.501. The summed E-state index contributed by atoms with van der Waals surface area (Å²) in [4.78, 5) is 37.7. The first kappa shape index (κ1) is 21.0. The minimum atomic E-state index is -1.09. The van der Waals surface area contributed by atoms with Gasteiger partial charge < -0.3 is 15.0 Å². The van der Waals surface area contributed by atoms with Crippen LogP contribution < -0.4 is 15.0 Å².